The van der Waals surface area contributed by atoms with Gasteiger partial charge in [-0.05, 0) is 114 Å². The maximum absolute atomic E-state index is 11.8. The monoisotopic (exact) mass is 584 g/mol. The first-order chi connectivity index (χ1) is 20.0. The van der Waals surface area contributed by atoms with Gasteiger partial charge in [-0.2, -0.15) is 0 Å². The Kier molecular flexibility index (Phi) is 7.48. The highest BCUT2D eigenvalue weighted by molar-refractivity contribution is 5.93. The Morgan fingerprint density at radius 2 is 1.93 bits per heavy atom. The molecule has 0 aliphatic heterocycles. The van der Waals surface area contributed by atoms with E-state index in [0.717, 1.165) is 44.9 Å². The molecule has 1 aromatic heterocycles. The number of anilines is 1. The van der Waals surface area contributed by atoms with Crippen LogP contribution in [0.15, 0.2) is 16.8 Å². The van der Waals surface area contributed by atoms with Crippen molar-refractivity contribution in [2.24, 2.45) is 46.3 Å². The quantitative estimate of drug-likeness (QED) is 0.227. The number of benzene rings is 1. The Hall–Kier alpha value is -2.79. The second-order valence-electron chi connectivity index (χ2n) is 14.2. The smallest absolute Gasteiger partial charge is 0.305 e. The number of aromatic nitrogens is 2. The van der Waals surface area contributed by atoms with Gasteiger partial charge >= 0.3 is 11.7 Å². The molecule has 0 radical (unpaired) electrons. The highest BCUT2D eigenvalue weighted by atomic mass is 16.6. The lowest BCUT2D eigenvalue weighted by atomic mass is 9.43. The van der Waals surface area contributed by atoms with Gasteiger partial charge in [-0.1, -0.05) is 20.8 Å². The Labute approximate surface area is 245 Å². The third-order valence-corrected chi connectivity index (χ3v) is 12.5. The first kappa shape index (κ1) is 29.3. The van der Waals surface area contributed by atoms with E-state index >= 15 is 0 Å². The average Bonchev–Trinajstić information content (AvgIpc) is 3.59. The minimum Gasteiger partial charge on any atom is -0.469 e. The van der Waals surface area contributed by atoms with Crippen LogP contribution in [-0.2, 0) is 9.53 Å². The Bertz CT molecular complexity index is 1350. The van der Waals surface area contributed by atoms with Gasteiger partial charge in [0.05, 0.1) is 29.9 Å². The van der Waals surface area contributed by atoms with E-state index < -0.39 is 17.1 Å². The van der Waals surface area contributed by atoms with E-state index in [1.54, 1.807) is 6.07 Å². The number of hydrogen-bond acceptors (Lipinski definition) is 10. The molecule has 2 aromatic rings. The summed E-state index contributed by atoms with van der Waals surface area (Å²) < 4.78 is 9.71. The van der Waals surface area contributed by atoms with Crippen LogP contribution < -0.4 is 5.32 Å². The molecule has 0 saturated heterocycles. The van der Waals surface area contributed by atoms with E-state index in [1.165, 1.54) is 13.2 Å². The second-order valence-corrected chi connectivity index (χ2v) is 14.2. The number of hydrogen-bond donors (Lipinski definition) is 3. The molecular formula is C31H44N4O7. The van der Waals surface area contributed by atoms with Crippen LogP contribution in [0.4, 0.5) is 11.4 Å². The van der Waals surface area contributed by atoms with Crippen LogP contribution in [0.2, 0.25) is 0 Å². The maximum Gasteiger partial charge on any atom is 0.305 e. The number of carbonyl (C=O) groups is 1. The van der Waals surface area contributed by atoms with Crippen molar-refractivity contribution in [3.8, 4) is 0 Å². The van der Waals surface area contributed by atoms with Crippen LogP contribution >= 0.6 is 0 Å². The molecule has 3 N–H and O–H groups in total. The first-order valence-electron chi connectivity index (χ1n) is 15.6. The van der Waals surface area contributed by atoms with Crippen LogP contribution in [0.3, 0.4) is 0 Å². The summed E-state index contributed by atoms with van der Waals surface area (Å²) in [6, 6.07) is 3.23. The van der Waals surface area contributed by atoms with Gasteiger partial charge in [0, 0.05) is 18.5 Å². The SMILES string of the molecule is COC(=O)CCC(C)C1CCC2[C@@H]3C(CC(O)C12C)C1(C)CC[C@@H](Nc2ccc([N+](=O)[O-])c4nonc24)C[C@H]1C[C@@H]3O. The summed E-state index contributed by atoms with van der Waals surface area (Å²) in [6.45, 7) is 6.83. The fraction of sp³-hybridized carbons (Fsp3) is 0.774. The van der Waals surface area contributed by atoms with Gasteiger partial charge in [-0.25, -0.2) is 4.63 Å². The van der Waals surface area contributed by atoms with Crippen molar-refractivity contribution in [3.63, 3.8) is 0 Å². The van der Waals surface area contributed by atoms with Crippen molar-refractivity contribution < 1.29 is 29.3 Å². The zero-order valence-corrected chi connectivity index (χ0v) is 25.0. The molecule has 4 aliphatic rings. The zero-order chi connectivity index (χ0) is 30.0. The van der Waals surface area contributed by atoms with Crippen molar-refractivity contribution in [2.75, 3.05) is 12.4 Å². The lowest BCUT2D eigenvalue weighted by Crippen LogP contribution is -2.62. The van der Waals surface area contributed by atoms with E-state index in [1.807, 2.05) is 0 Å². The number of ether oxygens (including phenoxy) is 1. The number of nitro benzene ring substituents is 1. The number of nitrogens with zero attached hydrogens (tertiary/aromatic N) is 3. The number of fused-ring (bicyclic) bond motifs is 6. The van der Waals surface area contributed by atoms with E-state index in [2.05, 4.69) is 36.4 Å². The van der Waals surface area contributed by atoms with Gasteiger partial charge in [0.2, 0.25) is 5.52 Å². The average molecular weight is 585 g/mol. The largest absolute Gasteiger partial charge is 0.469 e. The minimum absolute atomic E-state index is 0.0131. The number of nitrogens with one attached hydrogen (secondary N) is 1. The molecular weight excluding hydrogens is 540 g/mol. The lowest BCUT2D eigenvalue weighted by Gasteiger charge is -2.63. The normalized spacial score (nSPS) is 40.0. The molecule has 11 nitrogen and oxygen atoms in total. The van der Waals surface area contributed by atoms with E-state index in [9.17, 15) is 25.1 Å². The van der Waals surface area contributed by atoms with Crippen LogP contribution in [0.25, 0.3) is 11.0 Å². The number of aliphatic hydroxyl groups is 2. The molecule has 0 bridgehead atoms. The Balaban J connectivity index is 1.19. The van der Waals surface area contributed by atoms with Crippen molar-refractivity contribution in [1.82, 2.24) is 10.3 Å². The summed E-state index contributed by atoms with van der Waals surface area (Å²) in [6.07, 6.45) is 6.52. The van der Waals surface area contributed by atoms with Crippen molar-refractivity contribution in [2.45, 2.75) is 96.8 Å². The molecule has 0 amide bonds. The van der Waals surface area contributed by atoms with Gasteiger partial charge in [-0.15, -0.1) is 0 Å². The highest BCUT2D eigenvalue weighted by Crippen LogP contribution is 2.68. The molecule has 4 aliphatic carbocycles. The molecule has 0 spiro atoms. The number of carbonyl (C=O) groups excluding carboxylic acids is 1. The van der Waals surface area contributed by atoms with Crippen LogP contribution in [0, 0.1) is 56.5 Å². The maximum atomic E-state index is 11.8. The molecule has 11 atom stereocenters. The van der Waals surface area contributed by atoms with Crippen molar-refractivity contribution in [1.29, 1.82) is 0 Å². The molecule has 7 unspecified atom stereocenters. The second kappa shape index (κ2) is 10.7. The summed E-state index contributed by atoms with van der Waals surface area (Å²) in [5.41, 5.74) is 0.764. The Morgan fingerprint density at radius 3 is 2.67 bits per heavy atom. The minimum atomic E-state index is -0.485. The number of methoxy groups -OCH3 is 1. The third-order valence-electron chi connectivity index (χ3n) is 12.5. The zero-order valence-electron chi connectivity index (χ0n) is 25.0. The molecule has 6 rings (SSSR count). The van der Waals surface area contributed by atoms with Crippen molar-refractivity contribution in [3.05, 3.63) is 22.2 Å². The molecule has 1 aromatic carbocycles. The van der Waals surface area contributed by atoms with Gasteiger partial charge in [0.25, 0.3) is 0 Å². The number of nitro groups is 1. The third kappa shape index (κ3) is 4.49. The molecule has 4 fully saturated rings. The topological polar surface area (TPSA) is 161 Å². The summed E-state index contributed by atoms with van der Waals surface area (Å²) in [7, 11) is 1.43. The summed E-state index contributed by atoms with van der Waals surface area (Å²) in [5, 5.41) is 46.2. The lowest BCUT2D eigenvalue weighted by molar-refractivity contribution is -0.383. The number of aliphatic hydroxyl groups excluding tert-OH is 2. The molecule has 4 saturated carbocycles. The fourth-order valence-electron chi connectivity index (χ4n) is 10.3. The standard InChI is InChI=1S/C31H44N4O7/c1-16(5-10-26(38)41-4)19-6-7-20-27-21(15-25(37)31(19,20)3)30(2)12-11-18(13-17(30)14-24(27)36)32-22-8-9-23(35(39)40)29-28(22)33-42-34-29/h8-9,16-21,24-25,27,32,36-37H,5-7,10-15H2,1-4H3/t16?,17-,18+,19?,20?,21?,24-,25?,27+,30?,31?/m0/s1. The number of rotatable bonds is 7. The summed E-state index contributed by atoms with van der Waals surface area (Å²) >= 11 is 0. The number of non-ortho nitro benzene ring substituents is 1. The molecule has 11 heteroatoms. The summed E-state index contributed by atoms with van der Waals surface area (Å²) in [5.74, 6) is 1.37. The highest BCUT2D eigenvalue weighted by Gasteiger charge is 2.65. The molecule has 1 heterocycles. The molecule has 42 heavy (non-hydrogen) atoms. The predicted octanol–water partition coefficient (Wildman–Crippen LogP) is 5.10. The van der Waals surface area contributed by atoms with E-state index in [4.69, 9.17) is 9.37 Å². The Morgan fingerprint density at radius 1 is 1.17 bits per heavy atom. The van der Waals surface area contributed by atoms with E-state index in [-0.39, 0.29) is 57.7 Å². The van der Waals surface area contributed by atoms with Crippen LogP contribution in [-0.4, -0.2) is 56.8 Å². The summed E-state index contributed by atoms with van der Waals surface area (Å²) in [4.78, 5) is 22.7. The van der Waals surface area contributed by atoms with Gasteiger partial charge in [-0.3, -0.25) is 14.9 Å². The van der Waals surface area contributed by atoms with E-state index in [0.29, 0.717) is 35.9 Å². The van der Waals surface area contributed by atoms with Crippen LogP contribution in [0.1, 0.15) is 78.6 Å². The first-order valence-corrected chi connectivity index (χ1v) is 15.6. The van der Waals surface area contributed by atoms with Crippen LogP contribution in [0.5, 0.6) is 0 Å². The fourth-order valence-corrected chi connectivity index (χ4v) is 10.3. The number of esters is 1. The van der Waals surface area contributed by atoms with Gasteiger partial charge < -0.3 is 20.3 Å². The van der Waals surface area contributed by atoms with Gasteiger partial charge in [0.15, 0.2) is 5.52 Å². The van der Waals surface area contributed by atoms with Crippen molar-refractivity contribution >= 4 is 28.4 Å². The van der Waals surface area contributed by atoms with Gasteiger partial charge in [0.1, 0.15) is 0 Å². The molecule has 230 valence electrons. The predicted molar refractivity (Wildman–Crippen MR) is 154 cm³/mol.